The predicted molar refractivity (Wildman–Crippen MR) is 104 cm³/mol. The normalized spacial score (nSPS) is 15.4. The van der Waals surface area contributed by atoms with Crippen LogP contribution in [0, 0.1) is 17.1 Å². The van der Waals surface area contributed by atoms with E-state index < -0.39 is 35.0 Å². The van der Waals surface area contributed by atoms with Gasteiger partial charge in [-0.15, -0.1) is 11.8 Å². The number of halogens is 4. The number of carbonyl (C=O) groups excluding carboxylic acids is 1. The van der Waals surface area contributed by atoms with Crippen molar-refractivity contribution in [1.29, 1.82) is 5.26 Å². The van der Waals surface area contributed by atoms with Crippen molar-refractivity contribution in [2.75, 3.05) is 6.26 Å². The molecule has 0 atom stereocenters. The van der Waals surface area contributed by atoms with Gasteiger partial charge in [0, 0.05) is 0 Å². The number of benzene rings is 2. The van der Waals surface area contributed by atoms with Gasteiger partial charge in [-0.05, 0) is 48.2 Å². The molecule has 3 rings (SSSR count). The van der Waals surface area contributed by atoms with E-state index in [0.717, 1.165) is 30.0 Å². The molecule has 1 aliphatic heterocycles. The van der Waals surface area contributed by atoms with Gasteiger partial charge in [0.25, 0.3) is 5.91 Å². The molecule has 0 N–H and O–H groups in total. The monoisotopic (exact) mass is 438 g/mol. The highest BCUT2D eigenvalue weighted by atomic mass is 32.2. The molecule has 0 saturated carbocycles. The Labute approximate surface area is 171 Å². The Kier molecular flexibility index (Phi) is 6.00. The minimum absolute atomic E-state index is 0.197. The largest absolute Gasteiger partial charge is 0.454 e. The molecule has 29 heavy (non-hydrogen) atoms. The van der Waals surface area contributed by atoms with Crippen LogP contribution >= 0.6 is 23.5 Å². The lowest BCUT2D eigenvalue weighted by atomic mass is 10.1. The third kappa shape index (κ3) is 4.81. The molecule has 10 heteroatoms. The van der Waals surface area contributed by atoms with Gasteiger partial charge in [0.05, 0.1) is 22.1 Å². The van der Waals surface area contributed by atoms with E-state index in [1.165, 1.54) is 30.0 Å². The fraction of sp³-hybridized carbons (Fsp3) is 0.105. The van der Waals surface area contributed by atoms with Gasteiger partial charge in [0.15, 0.2) is 11.6 Å². The van der Waals surface area contributed by atoms with Crippen molar-refractivity contribution < 1.29 is 27.1 Å². The van der Waals surface area contributed by atoms with Crippen molar-refractivity contribution in [3.05, 3.63) is 63.8 Å². The average molecular weight is 438 g/mol. The molecule has 1 amide bonds. The highest BCUT2D eigenvalue weighted by molar-refractivity contribution is 8.40. The third-order valence-corrected chi connectivity index (χ3v) is 5.63. The molecular weight excluding hydrogens is 428 g/mol. The maximum absolute atomic E-state index is 14.4. The summed E-state index contributed by atoms with van der Waals surface area (Å²) in [6, 6.07) is 7.99. The number of ether oxygens (including phenoxy) is 1. The van der Waals surface area contributed by atoms with Gasteiger partial charge in [-0.2, -0.15) is 23.4 Å². The second-order valence-corrected chi connectivity index (χ2v) is 7.69. The molecule has 0 fully saturated rings. The van der Waals surface area contributed by atoms with Gasteiger partial charge in [0.1, 0.15) is 10.1 Å². The van der Waals surface area contributed by atoms with Crippen LogP contribution in [0.1, 0.15) is 16.7 Å². The van der Waals surface area contributed by atoms with Gasteiger partial charge in [-0.25, -0.2) is 4.39 Å². The van der Waals surface area contributed by atoms with Gasteiger partial charge < -0.3 is 4.74 Å². The molecule has 4 nitrogen and oxygen atoms in total. The Bertz CT molecular complexity index is 1090. The smallest absolute Gasteiger partial charge is 0.420 e. The SMILES string of the molecule is CSC1=NC(=O)/C(=C\c2ccc(Oc3ccc(C#N)cc3C(F)(F)F)c(F)c2)S1. The highest BCUT2D eigenvalue weighted by Crippen LogP contribution is 2.39. The zero-order valence-corrected chi connectivity index (χ0v) is 16.2. The van der Waals surface area contributed by atoms with Crippen LogP contribution < -0.4 is 4.74 Å². The standard InChI is InChI=1S/C19H10F4N2O2S2/c1-28-18-25-17(26)16(29-18)8-10-2-5-15(13(20)7-10)27-14-4-3-11(9-24)6-12(14)19(21,22)23/h2-8H,1H3/b16-8+. The first kappa shape index (κ1) is 21.0. The van der Waals surface area contributed by atoms with Gasteiger partial charge in [-0.1, -0.05) is 17.8 Å². The fourth-order valence-electron chi connectivity index (χ4n) is 2.35. The number of hydrogen-bond donors (Lipinski definition) is 0. The van der Waals surface area contributed by atoms with E-state index in [4.69, 9.17) is 10.00 Å². The minimum Gasteiger partial charge on any atom is -0.454 e. The lowest BCUT2D eigenvalue weighted by molar-refractivity contribution is -0.138. The number of nitrogens with zero attached hydrogens (tertiary/aromatic N) is 2. The fourth-order valence-corrected chi connectivity index (χ4v) is 3.77. The summed E-state index contributed by atoms with van der Waals surface area (Å²) >= 11 is 2.46. The summed E-state index contributed by atoms with van der Waals surface area (Å²) in [6.45, 7) is 0. The van der Waals surface area contributed by atoms with E-state index in [9.17, 15) is 22.4 Å². The summed E-state index contributed by atoms with van der Waals surface area (Å²) < 4.78 is 59.8. The highest BCUT2D eigenvalue weighted by Gasteiger charge is 2.35. The average Bonchev–Trinajstić information content (AvgIpc) is 3.03. The molecule has 0 radical (unpaired) electrons. The van der Waals surface area contributed by atoms with E-state index in [1.54, 1.807) is 12.3 Å². The number of amides is 1. The number of nitriles is 1. The summed E-state index contributed by atoms with van der Waals surface area (Å²) in [7, 11) is 0. The Morgan fingerprint density at radius 3 is 2.52 bits per heavy atom. The Morgan fingerprint density at radius 1 is 1.21 bits per heavy atom. The van der Waals surface area contributed by atoms with Crippen LogP contribution in [0.15, 0.2) is 46.3 Å². The summed E-state index contributed by atoms with van der Waals surface area (Å²) in [5, 5.41) is 8.79. The first-order valence-corrected chi connectivity index (χ1v) is 9.90. The van der Waals surface area contributed by atoms with Crippen LogP contribution in [0.3, 0.4) is 0 Å². The quantitative estimate of drug-likeness (QED) is 0.445. The van der Waals surface area contributed by atoms with Gasteiger partial charge >= 0.3 is 6.18 Å². The maximum atomic E-state index is 14.4. The second-order valence-electron chi connectivity index (χ2n) is 5.61. The van der Waals surface area contributed by atoms with Crippen molar-refractivity contribution in [3.8, 4) is 17.6 Å². The van der Waals surface area contributed by atoms with Crippen molar-refractivity contribution in [3.63, 3.8) is 0 Å². The van der Waals surface area contributed by atoms with Crippen LogP contribution in [0.2, 0.25) is 0 Å². The summed E-state index contributed by atoms with van der Waals surface area (Å²) in [5.41, 5.74) is -1.05. The predicted octanol–water partition coefficient (Wildman–Crippen LogP) is 5.84. The van der Waals surface area contributed by atoms with Crippen molar-refractivity contribution >= 4 is 39.9 Å². The number of hydrogen-bond acceptors (Lipinski definition) is 5. The summed E-state index contributed by atoms with van der Waals surface area (Å²) in [4.78, 5) is 15.9. The van der Waals surface area contributed by atoms with Crippen molar-refractivity contribution in [2.45, 2.75) is 6.18 Å². The van der Waals surface area contributed by atoms with Crippen LogP contribution in [0.5, 0.6) is 11.5 Å². The molecule has 148 valence electrons. The number of carbonyl (C=O) groups is 1. The molecule has 0 bridgehead atoms. The number of aliphatic imine (C=N–C) groups is 1. The zero-order valence-electron chi connectivity index (χ0n) is 14.6. The molecule has 2 aromatic rings. The van der Waals surface area contributed by atoms with Crippen molar-refractivity contribution in [2.24, 2.45) is 4.99 Å². The maximum Gasteiger partial charge on any atom is 0.420 e. The summed E-state index contributed by atoms with van der Waals surface area (Å²) in [5.74, 6) is -2.39. The number of alkyl halides is 3. The number of thioether (sulfide) groups is 2. The molecule has 2 aromatic carbocycles. The second kappa shape index (κ2) is 8.31. The molecule has 0 aliphatic carbocycles. The van der Waals surface area contributed by atoms with Crippen LogP contribution in [0.4, 0.5) is 17.6 Å². The van der Waals surface area contributed by atoms with Gasteiger partial charge in [0.2, 0.25) is 0 Å². The van der Waals surface area contributed by atoms with E-state index in [2.05, 4.69) is 4.99 Å². The Morgan fingerprint density at radius 2 is 1.93 bits per heavy atom. The van der Waals surface area contributed by atoms with Crippen molar-refractivity contribution in [1.82, 2.24) is 0 Å². The zero-order chi connectivity index (χ0) is 21.2. The molecule has 0 saturated heterocycles. The van der Waals surface area contributed by atoms with Crippen LogP contribution in [-0.4, -0.2) is 16.5 Å². The molecule has 0 aromatic heterocycles. The van der Waals surface area contributed by atoms with E-state index in [1.807, 2.05) is 0 Å². The third-order valence-electron chi connectivity index (χ3n) is 3.66. The molecule has 0 spiro atoms. The topological polar surface area (TPSA) is 62.4 Å². The first-order valence-electron chi connectivity index (χ1n) is 7.86. The van der Waals surface area contributed by atoms with E-state index in [-0.39, 0.29) is 5.56 Å². The lowest BCUT2D eigenvalue weighted by Gasteiger charge is -2.14. The Hall–Kier alpha value is -2.77. The minimum atomic E-state index is -4.78. The molecule has 0 unspecified atom stereocenters. The van der Waals surface area contributed by atoms with Gasteiger partial charge in [-0.3, -0.25) is 4.79 Å². The molecule has 1 aliphatic rings. The lowest BCUT2D eigenvalue weighted by Crippen LogP contribution is -2.08. The van der Waals surface area contributed by atoms with E-state index >= 15 is 0 Å². The number of rotatable bonds is 3. The van der Waals surface area contributed by atoms with E-state index in [0.29, 0.717) is 20.9 Å². The Balaban J connectivity index is 1.88. The van der Waals surface area contributed by atoms with Crippen LogP contribution in [-0.2, 0) is 11.0 Å². The molecule has 1 heterocycles. The van der Waals surface area contributed by atoms with Crippen LogP contribution in [0.25, 0.3) is 6.08 Å². The summed E-state index contributed by atoms with van der Waals surface area (Å²) in [6.07, 6.45) is -1.57. The first-order chi connectivity index (χ1) is 13.7. The molecular formula is C19H10F4N2O2S2.